The number of amides is 1. The lowest BCUT2D eigenvalue weighted by Gasteiger charge is -2.05. The molecular weight excluding hydrogens is 325 g/mol. The first kappa shape index (κ1) is 16.4. The molecule has 0 aliphatic rings. The second kappa shape index (κ2) is 6.57. The Morgan fingerprint density at radius 2 is 2.04 bits per heavy atom. The molecule has 1 amide bonds. The third kappa shape index (κ3) is 3.23. The van der Waals surface area contributed by atoms with Crippen LogP contribution in [-0.2, 0) is 6.42 Å². The Kier molecular flexibility index (Phi) is 4.49. The molecule has 3 aromatic rings. The molecule has 0 unspecified atom stereocenters. The van der Waals surface area contributed by atoms with E-state index in [4.69, 9.17) is 5.73 Å². The molecule has 4 nitrogen and oxygen atoms in total. The maximum absolute atomic E-state index is 13.7. The maximum Gasteiger partial charge on any atom is 0.268 e. The van der Waals surface area contributed by atoms with E-state index >= 15 is 0 Å². The first-order valence-corrected chi connectivity index (χ1v) is 8.51. The van der Waals surface area contributed by atoms with Crippen LogP contribution < -0.4 is 11.1 Å². The molecule has 0 fully saturated rings. The summed E-state index contributed by atoms with van der Waals surface area (Å²) >= 11 is 1.23. The average molecular weight is 343 g/mol. The number of thiophene rings is 1. The van der Waals surface area contributed by atoms with Crippen LogP contribution in [0.3, 0.4) is 0 Å². The van der Waals surface area contributed by atoms with E-state index in [9.17, 15) is 9.18 Å². The van der Waals surface area contributed by atoms with E-state index in [2.05, 4.69) is 24.1 Å². The Morgan fingerprint density at radius 1 is 1.29 bits per heavy atom. The fourth-order valence-corrected chi connectivity index (χ4v) is 3.49. The molecular formula is C18H18FN3OS. The van der Waals surface area contributed by atoms with Crippen LogP contribution in [0.4, 0.5) is 15.8 Å². The largest absolute Gasteiger partial charge is 0.397 e. The monoisotopic (exact) mass is 343 g/mol. The SMILES string of the molecule is CC(C)Cc1ccc2c(N)c(C(=O)Nc3ccccc3F)sc2n1. The number of carbonyl (C=O) groups is 1. The van der Waals surface area contributed by atoms with Crippen molar-refractivity contribution in [2.24, 2.45) is 5.92 Å². The van der Waals surface area contributed by atoms with Crippen LogP contribution in [0, 0.1) is 11.7 Å². The Hall–Kier alpha value is -2.47. The second-order valence-corrected chi connectivity index (χ2v) is 7.03. The van der Waals surface area contributed by atoms with Crippen molar-refractivity contribution in [3.8, 4) is 0 Å². The standard InChI is InChI=1S/C18H18FN3OS/c1-10(2)9-11-7-8-12-15(20)16(24-18(12)21-11)17(23)22-14-6-4-3-5-13(14)19/h3-8,10H,9,20H2,1-2H3,(H,22,23). The van der Waals surface area contributed by atoms with Crippen molar-refractivity contribution in [3.63, 3.8) is 0 Å². The van der Waals surface area contributed by atoms with Gasteiger partial charge in [0.1, 0.15) is 15.5 Å². The number of para-hydroxylation sites is 1. The van der Waals surface area contributed by atoms with Gasteiger partial charge < -0.3 is 11.1 Å². The maximum atomic E-state index is 13.7. The molecule has 2 heterocycles. The van der Waals surface area contributed by atoms with Crippen LogP contribution in [0.25, 0.3) is 10.2 Å². The van der Waals surface area contributed by atoms with Gasteiger partial charge in [-0.2, -0.15) is 0 Å². The van der Waals surface area contributed by atoms with Gasteiger partial charge in [-0.25, -0.2) is 9.37 Å². The molecule has 0 spiro atoms. The number of fused-ring (bicyclic) bond motifs is 1. The fraction of sp³-hybridized carbons (Fsp3) is 0.222. The van der Waals surface area contributed by atoms with Crippen LogP contribution in [0.5, 0.6) is 0 Å². The normalized spacial score (nSPS) is 11.2. The quantitative estimate of drug-likeness (QED) is 0.734. The van der Waals surface area contributed by atoms with Gasteiger partial charge in [-0.15, -0.1) is 11.3 Å². The van der Waals surface area contributed by atoms with Crippen LogP contribution in [-0.4, -0.2) is 10.9 Å². The van der Waals surface area contributed by atoms with Gasteiger partial charge in [0.15, 0.2) is 0 Å². The summed E-state index contributed by atoms with van der Waals surface area (Å²) in [5.74, 6) is -0.412. The van der Waals surface area contributed by atoms with Gasteiger partial charge in [0, 0.05) is 11.1 Å². The van der Waals surface area contributed by atoms with E-state index in [0.717, 1.165) is 22.3 Å². The van der Waals surface area contributed by atoms with Gasteiger partial charge in [0.25, 0.3) is 5.91 Å². The molecule has 0 saturated carbocycles. The number of carbonyl (C=O) groups excluding carboxylic acids is 1. The van der Waals surface area contributed by atoms with Crippen LogP contribution in [0.2, 0.25) is 0 Å². The number of pyridine rings is 1. The average Bonchev–Trinajstić information content (AvgIpc) is 2.85. The molecule has 6 heteroatoms. The number of hydrogen-bond acceptors (Lipinski definition) is 4. The zero-order chi connectivity index (χ0) is 17.3. The highest BCUT2D eigenvalue weighted by Crippen LogP contribution is 2.33. The molecule has 3 N–H and O–H groups in total. The lowest BCUT2D eigenvalue weighted by atomic mass is 10.1. The van der Waals surface area contributed by atoms with E-state index < -0.39 is 11.7 Å². The molecule has 2 aromatic heterocycles. The summed E-state index contributed by atoms with van der Waals surface area (Å²) in [6.07, 6.45) is 0.866. The molecule has 0 radical (unpaired) electrons. The number of nitrogens with two attached hydrogens (primary N) is 1. The highest BCUT2D eigenvalue weighted by Gasteiger charge is 2.18. The lowest BCUT2D eigenvalue weighted by Crippen LogP contribution is -2.12. The van der Waals surface area contributed by atoms with Gasteiger partial charge in [-0.3, -0.25) is 4.79 Å². The van der Waals surface area contributed by atoms with Crippen LogP contribution >= 0.6 is 11.3 Å². The van der Waals surface area contributed by atoms with Crippen molar-refractivity contribution in [1.29, 1.82) is 0 Å². The lowest BCUT2D eigenvalue weighted by molar-refractivity contribution is 0.103. The molecule has 24 heavy (non-hydrogen) atoms. The highest BCUT2D eigenvalue weighted by molar-refractivity contribution is 7.21. The topological polar surface area (TPSA) is 68.0 Å². The van der Waals surface area contributed by atoms with E-state index in [1.165, 1.54) is 23.5 Å². The van der Waals surface area contributed by atoms with E-state index in [1.807, 2.05) is 12.1 Å². The fourth-order valence-electron chi connectivity index (χ4n) is 2.48. The molecule has 124 valence electrons. The summed E-state index contributed by atoms with van der Waals surface area (Å²) in [4.78, 5) is 18.1. The number of rotatable bonds is 4. The number of hydrogen-bond donors (Lipinski definition) is 2. The number of aromatic nitrogens is 1. The summed E-state index contributed by atoms with van der Waals surface area (Å²) in [6, 6.07) is 9.86. The summed E-state index contributed by atoms with van der Waals surface area (Å²) in [5.41, 5.74) is 7.58. The second-order valence-electron chi connectivity index (χ2n) is 6.03. The van der Waals surface area contributed by atoms with Crippen molar-refractivity contribution in [2.75, 3.05) is 11.1 Å². The first-order valence-electron chi connectivity index (χ1n) is 7.69. The predicted molar refractivity (Wildman–Crippen MR) is 96.9 cm³/mol. The van der Waals surface area contributed by atoms with Crippen molar-refractivity contribution in [2.45, 2.75) is 20.3 Å². The highest BCUT2D eigenvalue weighted by atomic mass is 32.1. The number of anilines is 2. The van der Waals surface area contributed by atoms with Crippen molar-refractivity contribution in [1.82, 2.24) is 4.98 Å². The Labute approximate surface area is 143 Å². The van der Waals surface area contributed by atoms with Gasteiger partial charge in [0.2, 0.25) is 0 Å². The first-order chi connectivity index (χ1) is 11.5. The van der Waals surface area contributed by atoms with Crippen LogP contribution in [0.15, 0.2) is 36.4 Å². The predicted octanol–water partition coefficient (Wildman–Crippen LogP) is 4.47. The van der Waals surface area contributed by atoms with Gasteiger partial charge in [-0.1, -0.05) is 26.0 Å². The summed E-state index contributed by atoms with van der Waals surface area (Å²) in [6.45, 7) is 4.25. The zero-order valence-corrected chi connectivity index (χ0v) is 14.3. The van der Waals surface area contributed by atoms with E-state index in [1.54, 1.807) is 12.1 Å². The minimum absolute atomic E-state index is 0.132. The number of halogens is 1. The molecule has 0 bridgehead atoms. The molecule has 0 aliphatic carbocycles. The Morgan fingerprint density at radius 3 is 2.75 bits per heavy atom. The van der Waals surface area contributed by atoms with Gasteiger partial charge >= 0.3 is 0 Å². The third-order valence-electron chi connectivity index (χ3n) is 3.60. The van der Waals surface area contributed by atoms with Crippen molar-refractivity contribution in [3.05, 3.63) is 52.8 Å². The number of nitrogens with zero attached hydrogens (tertiary/aromatic N) is 1. The van der Waals surface area contributed by atoms with E-state index in [-0.39, 0.29) is 5.69 Å². The number of nitrogens with one attached hydrogen (secondary N) is 1. The van der Waals surface area contributed by atoms with Gasteiger partial charge in [-0.05, 0) is 36.6 Å². The third-order valence-corrected chi connectivity index (χ3v) is 4.71. The smallest absolute Gasteiger partial charge is 0.268 e. The molecule has 0 atom stereocenters. The molecule has 3 rings (SSSR count). The van der Waals surface area contributed by atoms with Crippen molar-refractivity contribution < 1.29 is 9.18 Å². The Bertz CT molecular complexity index is 904. The summed E-state index contributed by atoms with van der Waals surface area (Å²) in [5, 5.41) is 3.32. The number of benzene rings is 1. The summed E-state index contributed by atoms with van der Waals surface area (Å²) < 4.78 is 13.7. The van der Waals surface area contributed by atoms with Gasteiger partial charge in [0.05, 0.1) is 11.4 Å². The number of nitrogen functional groups attached to an aromatic ring is 1. The molecule has 0 saturated heterocycles. The summed E-state index contributed by atoms with van der Waals surface area (Å²) in [7, 11) is 0. The molecule has 0 aliphatic heterocycles. The minimum atomic E-state index is -0.483. The minimum Gasteiger partial charge on any atom is -0.397 e. The van der Waals surface area contributed by atoms with Crippen LogP contribution in [0.1, 0.15) is 29.2 Å². The zero-order valence-electron chi connectivity index (χ0n) is 13.5. The molecule has 1 aromatic carbocycles. The Balaban J connectivity index is 1.93. The van der Waals surface area contributed by atoms with Crippen molar-refractivity contribution >= 4 is 38.8 Å². The van der Waals surface area contributed by atoms with E-state index in [0.29, 0.717) is 16.5 Å².